The van der Waals surface area contributed by atoms with Crippen molar-refractivity contribution in [2.24, 2.45) is 11.8 Å². The Morgan fingerprint density at radius 2 is 1.73 bits per heavy atom. The second kappa shape index (κ2) is 9.30. The highest BCUT2D eigenvalue weighted by atomic mass is 15.4. The first-order valence-corrected chi connectivity index (χ1v) is 8.37. The van der Waals surface area contributed by atoms with Crippen LogP contribution in [0, 0.1) is 11.3 Å². The van der Waals surface area contributed by atoms with Crippen LogP contribution < -0.4 is 16.5 Å². The lowest BCUT2D eigenvalue weighted by atomic mass is 9.89. The molecule has 0 aliphatic heterocycles. The third-order valence-electron chi connectivity index (χ3n) is 4.29. The maximum Gasteiger partial charge on any atom is 0.0958 e. The van der Waals surface area contributed by atoms with Crippen molar-refractivity contribution in [2.75, 3.05) is 30.3 Å². The summed E-state index contributed by atoms with van der Waals surface area (Å²) in [6, 6.07) is 8.50. The molecule has 5 nitrogen and oxygen atoms in total. The molecule has 1 aromatic rings. The number of nitrogens with two attached hydrogens (primary N) is 1. The monoisotopic (exact) mass is 303 g/mol. The zero-order valence-electron chi connectivity index (χ0n) is 13.4. The Morgan fingerprint density at radius 3 is 2.36 bits per heavy atom. The molecule has 0 amide bonds. The average Bonchev–Trinajstić information content (AvgIpc) is 2.58. The highest BCUT2D eigenvalue weighted by Crippen LogP contribution is 2.24. The van der Waals surface area contributed by atoms with E-state index in [1.165, 1.54) is 42.8 Å². The number of nitrogens with zero attached hydrogens (tertiary/aromatic N) is 1. The summed E-state index contributed by atoms with van der Waals surface area (Å²) in [4.78, 5) is 0. The summed E-state index contributed by atoms with van der Waals surface area (Å²) in [5, 5.41) is 15.3. The molecule has 0 radical (unpaired) electrons. The van der Waals surface area contributed by atoms with Crippen molar-refractivity contribution in [2.45, 2.75) is 38.5 Å². The minimum absolute atomic E-state index is 0.692. The minimum Gasteiger partial charge on any atom is -0.385 e. The van der Waals surface area contributed by atoms with Gasteiger partial charge in [-0.3, -0.25) is 5.41 Å². The van der Waals surface area contributed by atoms with Crippen LogP contribution in [-0.2, 0) is 0 Å². The fourth-order valence-electron chi connectivity index (χ4n) is 2.92. The van der Waals surface area contributed by atoms with Gasteiger partial charge in [0.15, 0.2) is 0 Å². The molecule has 0 atom stereocenters. The van der Waals surface area contributed by atoms with Crippen molar-refractivity contribution in [1.82, 2.24) is 5.01 Å². The third-order valence-corrected chi connectivity index (χ3v) is 4.29. The Hall–Kier alpha value is -1.75. The molecule has 0 unspecified atom stereocenters. The first-order chi connectivity index (χ1) is 10.8. The highest BCUT2D eigenvalue weighted by molar-refractivity contribution is 5.53. The van der Waals surface area contributed by atoms with Gasteiger partial charge in [0.2, 0.25) is 0 Å². The molecular weight excluding hydrogens is 274 g/mol. The van der Waals surface area contributed by atoms with Gasteiger partial charge in [-0.05, 0) is 49.4 Å². The summed E-state index contributed by atoms with van der Waals surface area (Å²) < 4.78 is 0. The van der Waals surface area contributed by atoms with Crippen LogP contribution in [0.2, 0.25) is 0 Å². The normalized spacial score (nSPS) is 15.3. The van der Waals surface area contributed by atoms with Crippen LogP contribution in [0.1, 0.15) is 38.5 Å². The lowest BCUT2D eigenvalue weighted by Gasteiger charge is -2.22. The number of hydrogen-bond donors (Lipinski definition) is 4. The van der Waals surface area contributed by atoms with Gasteiger partial charge in [-0.2, -0.15) is 0 Å². The number of anilines is 2. The molecule has 1 saturated carbocycles. The van der Waals surface area contributed by atoms with Gasteiger partial charge in [-0.1, -0.05) is 19.3 Å². The topological polar surface area (TPSA) is 77.2 Å². The lowest BCUT2D eigenvalue weighted by Crippen LogP contribution is -2.30. The first-order valence-electron chi connectivity index (χ1n) is 8.37. The first kappa shape index (κ1) is 16.6. The van der Waals surface area contributed by atoms with E-state index in [-0.39, 0.29) is 0 Å². The molecular formula is C17H29N5. The van der Waals surface area contributed by atoms with E-state index in [1.54, 1.807) is 0 Å². The Kier molecular flexibility index (Phi) is 7.03. The molecule has 0 bridgehead atoms. The van der Waals surface area contributed by atoms with Crippen molar-refractivity contribution in [1.29, 1.82) is 5.41 Å². The second-order valence-corrected chi connectivity index (χ2v) is 6.11. The Bertz CT molecular complexity index is 425. The van der Waals surface area contributed by atoms with E-state index < -0.39 is 0 Å². The number of hydrazine groups is 1. The van der Waals surface area contributed by atoms with Crippen LogP contribution in [0.5, 0.6) is 0 Å². The van der Waals surface area contributed by atoms with Crippen LogP contribution in [-0.4, -0.2) is 31.0 Å². The lowest BCUT2D eigenvalue weighted by molar-refractivity contribution is 0.373. The smallest absolute Gasteiger partial charge is 0.0958 e. The standard InChI is InChI=1S/C17H29N5/c18-14-22(19)12-4-11-20-16-7-9-17(10-8-16)21-13-15-5-2-1-3-6-15/h7-10,14-15,18,20-21H,1-6,11-13,19H2. The Labute approximate surface area is 133 Å². The van der Waals surface area contributed by atoms with Crippen molar-refractivity contribution < 1.29 is 0 Å². The van der Waals surface area contributed by atoms with Gasteiger partial charge in [-0.25, -0.2) is 5.84 Å². The van der Waals surface area contributed by atoms with Crippen LogP contribution >= 0.6 is 0 Å². The van der Waals surface area contributed by atoms with E-state index >= 15 is 0 Å². The van der Waals surface area contributed by atoms with Crippen molar-refractivity contribution in [3.8, 4) is 0 Å². The third kappa shape index (κ3) is 5.93. The molecule has 122 valence electrons. The van der Waals surface area contributed by atoms with E-state index in [9.17, 15) is 0 Å². The van der Waals surface area contributed by atoms with E-state index in [0.717, 1.165) is 37.5 Å². The fourth-order valence-corrected chi connectivity index (χ4v) is 2.92. The van der Waals surface area contributed by atoms with E-state index in [4.69, 9.17) is 11.3 Å². The molecule has 22 heavy (non-hydrogen) atoms. The SMILES string of the molecule is N=CN(N)CCCNc1ccc(NCC2CCCCC2)cc1. The predicted molar refractivity (Wildman–Crippen MR) is 94.3 cm³/mol. The van der Waals surface area contributed by atoms with Crippen LogP contribution in [0.3, 0.4) is 0 Å². The summed E-state index contributed by atoms with van der Waals surface area (Å²) in [5.41, 5.74) is 2.33. The fraction of sp³-hybridized carbons (Fsp3) is 0.588. The molecule has 1 fully saturated rings. The number of nitrogens with one attached hydrogen (secondary N) is 3. The molecule has 0 aromatic heterocycles. The molecule has 2 rings (SSSR count). The van der Waals surface area contributed by atoms with Gasteiger partial charge >= 0.3 is 0 Å². The van der Waals surface area contributed by atoms with Crippen LogP contribution in [0.25, 0.3) is 0 Å². The number of benzene rings is 1. The quantitative estimate of drug-likeness (QED) is 0.186. The van der Waals surface area contributed by atoms with E-state index in [2.05, 4.69) is 34.9 Å². The Morgan fingerprint density at radius 1 is 1.09 bits per heavy atom. The summed E-state index contributed by atoms with van der Waals surface area (Å²) in [6.07, 6.45) is 9.01. The predicted octanol–water partition coefficient (Wildman–Crippen LogP) is 3.26. The van der Waals surface area contributed by atoms with Crippen molar-refractivity contribution >= 4 is 17.7 Å². The molecule has 1 aromatic carbocycles. The summed E-state index contributed by atoms with van der Waals surface area (Å²) in [7, 11) is 0. The second-order valence-electron chi connectivity index (χ2n) is 6.11. The molecule has 1 aliphatic carbocycles. The van der Waals surface area contributed by atoms with Gasteiger partial charge in [0.1, 0.15) is 0 Å². The number of hydrogen-bond acceptors (Lipinski definition) is 4. The summed E-state index contributed by atoms with van der Waals surface area (Å²) in [5.74, 6) is 6.37. The van der Waals surface area contributed by atoms with E-state index in [0.29, 0.717) is 6.54 Å². The maximum absolute atomic E-state index is 6.99. The van der Waals surface area contributed by atoms with Crippen molar-refractivity contribution in [3.05, 3.63) is 24.3 Å². The zero-order chi connectivity index (χ0) is 15.6. The largest absolute Gasteiger partial charge is 0.385 e. The number of rotatable bonds is 9. The molecule has 5 N–H and O–H groups in total. The van der Waals surface area contributed by atoms with E-state index in [1.807, 2.05) is 0 Å². The summed E-state index contributed by atoms with van der Waals surface area (Å²) >= 11 is 0. The molecule has 5 heteroatoms. The van der Waals surface area contributed by atoms with Gasteiger partial charge in [-0.15, -0.1) is 0 Å². The van der Waals surface area contributed by atoms with Crippen LogP contribution in [0.4, 0.5) is 11.4 Å². The maximum atomic E-state index is 6.99. The van der Waals surface area contributed by atoms with Crippen LogP contribution in [0.15, 0.2) is 24.3 Å². The van der Waals surface area contributed by atoms with Gasteiger partial charge < -0.3 is 15.6 Å². The summed E-state index contributed by atoms with van der Waals surface area (Å²) in [6.45, 7) is 2.65. The molecule has 0 heterocycles. The molecule has 1 aliphatic rings. The zero-order valence-corrected chi connectivity index (χ0v) is 13.4. The molecule has 0 saturated heterocycles. The highest BCUT2D eigenvalue weighted by Gasteiger charge is 2.12. The van der Waals surface area contributed by atoms with Crippen molar-refractivity contribution in [3.63, 3.8) is 0 Å². The average molecular weight is 303 g/mol. The van der Waals surface area contributed by atoms with Gasteiger partial charge in [0, 0.05) is 31.0 Å². The minimum atomic E-state index is 0.692. The Balaban J connectivity index is 1.65. The van der Waals surface area contributed by atoms with Gasteiger partial charge in [0.05, 0.1) is 6.34 Å². The van der Waals surface area contributed by atoms with Gasteiger partial charge in [0.25, 0.3) is 0 Å². The molecule has 0 spiro atoms.